The fraction of sp³-hybridized carbons (Fsp3) is 0.0833. The molecule has 0 unspecified atom stereocenters. The Bertz CT molecular complexity index is 1340. The zero-order valence-corrected chi connectivity index (χ0v) is 18.7. The molecule has 2 amide bonds. The SMILES string of the molecule is COC(=O)c1c(NC(=O)c2cn(-c3ccccc3)nc2-c2ccccc2)sc(C(N)=O)c1C. The van der Waals surface area contributed by atoms with Crippen molar-refractivity contribution in [2.24, 2.45) is 5.73 Å². The van der Waals surface area contributed by atoms with Gasteiger partial charge >= 0.3 is 5.97 Å². The fourth-order valence-electron chi connectivity index (χ4n) is 3.42. The van der Waals surface area contributed by atoms with Crippen LogP contribution in [0.1, 0.15) is 36.0 Å². The maximum atomic E-state index is 13.4. The van der Waals surface area contributed by atoms with E-state index in [0.29, 0.717) is 16.8 Å². The molecule has 2 heterocycles. The molecule has 0 spiro atoms. The topological polar surface area (TPSA) is 116 Å². The lowest BCUT2D eigenvalue weighted by molar-refractivity contribution is 0.0601. The average molecular weight is 461 g/mol. The van der Waals surface area contributed by atoms with E-state index >= 15 is 0 Å². The molecule has 0 saturated carbocycles. The highest BCUT2D eigenvalue weighted by molar-refractivity contribution is 7.18. The van der Waals surface area contributed by atoms with Gasteiger partial charge in [-0.05, 0) is 24.6 Å². The van der Waals surface area contributed by atoms with E-state index in [9.17, 15) is 14.4 Å². The molecule has 33 heavy (non-hydrogen) atoms. The Balaban J connectivity index is 1.79. The van der Waals surface area contributed by atoms with Crippen LogP contribution in [0.5, 0.6) is 0 Å². The van der Waals surface area contributed by atoms with Crippen molar-refractivity contribution in [2.45, 2.75) is 6.92 Å². The van der Waals surface area contributed by atoms with Crippen LogP contribution in [0.3, 0.4) is 0 Å². The van der Waals surface area contributed by atoms with E-state index in [1.165, 1.54) is 7.11 Å². The van der Waals surface area contributed by atoms with Crippen LogP contribution >= 0.6 is 11.3 Å². The van der Waals surface area contributed by atoms with Crippen LogP contribution in [0, 0.1) is 6.92 Å². The number of amides is 2. The number of aromatic nitrogens is 2. The van der Waals surface area contributed by atoms with Crippen molar-refractivity contribution >= 4 is 34.1 Å². The molecule has 0 atom stereocenters. The van der Waals surface area contributed by atoms with Crippen molar-refractivity contribution in [3.8, 4) is 16.9 Å². The summed E-state index contributed by atoms with van der Waals surface area (Å²) in [6, 6.07) is 18.7. The molecule has 2 aromatic carbocycles. The summed E-state index contributed by atoms with van der Waals surface area (Å²) in [6.45, 7) is 1.58. The summed E-state index contributed by atoms with van der Waals surface area (Å²) >= 11 is 0.931. The number of hydrogen-bond donors (Lipinski definition) is 2. The van der Waals surface area contributed by atoms with Crippen LogP contribution in [0.4, 0.5) is 5.00 Å². The third-order valence-electron chi connectivity index (χ3n) is 5.01. The Morgan fingerprint density at radius 3 is 2.27 bits per heavy atom. The fourth-order valence-corrected chi connectivity index (χ4v) is 4.46. The minimum Gasteiger partial charge on any atom is -0.465 e. The number of nitrogens with zero attached hydrogens (tertiary/aromatic N) is 2. The van der Waals surface area contributed by atoms with Crippen molar-refractivity contribution in [2.75, 3.05) is 12.4 Å². The van der Waals surface area contributed by atoms with Gasteiger partial charge in [-0.15, -0.1) is 11.3 Å². The number of carbonyl (C=O) groups excluding carboxylic acids is 3. The third-order valence-corrected chi connectivity index (χ3v) is 6.24. The molecule has 2 aromatic heterocycles. The molecular weight excluding hydrogens is 440 g/mol. The molecule has 8 nitrogen and oxygen atoms in total. The molecule has 0 bridgehead atoms. The Kier molecular flexibility index (Phi) is 6.05. The van der Waals surface area contributed by atoms with E-state index in [4.69, 9.17) is 10.5 Å². The highest BCUT2D eigenvalue weighted by Crippen LogP contribution is 2.34. The molecule has 4 rings (SSSR count). The minimum atomic E-state index is -0.690. The van der Waals surface area contributed by atoms with Gasteiger partial charge in [0.15, 0.2) is 0 Å². The lowest BCUT2D eigenvalue weighted by atomic mass is 10.1. The predicted molar refractivity (Wildman–Crippen MR) is 126 cm³/mol. The molecule has 0 aliphatic heterocycles. The molecular formula is C24H20N4O4S. The van der Waals surface area contributed by atoms with E-state index in [1.807, 2.05) is 60.7 Å². The molecule has 0 saturated heterocycles. The van der Waals surface area contributed by atoms with Crippen molar-refractivity contribution in [3.05, 3.63) is 88.4 Å². The van der Waals surface area contributed by atoms with Gasteiger partial charge in [-0.1, -0.05) is 48.5 Å². The number of carbonyl (C=O) groups is 3. The normalized spacial score (nSPS) is 10.6. The van der Waals surface area contributed by atoms with E-state index in [0.717, 1.165) is 22.6 Å². The molecule has 9 heteroatoms. The van der Waals surface area contributed by atoms with Gasteiger partial charge in [-0.3, -0.25) is 9.59 Å². The summed E-state index contributed by atoms with van der Waals surface area (Å²) in [4.78, 5) is 37.7. The van der Waals surface area contributed by atoms with E-state index in [-0.39, 0.29) is 15.4 Å². The molecule has 0 aliphatic rings. The van der Waals surface area contributed by atoms with Gasteiger partial charge in [0.05, 0.1) is 28.8 Å². The number of para-hydroxylation sites is 1. The summed E-state index contributed by atoms with van der Waals surface area (Å²) < 4.78 is 6.46. The summed E-state index contributed by atoms with van der Waals surface area (Å²) in [6.07, 6.45) is 1.63. The number of primary amides is 1. The molecule has 166 valence electrons. The van der Waals surface area contributed by atoms with Crippen LogP contribution in [-0.4, -0.2) is 34.7 Å². The smallest absolute Gasteiger partial charge is 0.341 e. The molecule has 3 N–H and O–H groups in total. The first kappa shape index (κ1) is 22.0. The highest BCUT2D eigenvalue weighted by Gasteiger charge is 2.27. The first-order valence-electron chi connectivity index (χ1n) is 9.94. The number of nitrogens with one attached hydrogen (secondary N) is 1. The Labute approximate surface area is 193 Å². The number of ether oxygens (including phenoxy) is 1. The molecule has 4 aromatic rings. The Morgan fingerprint density at radius 2 is 1.67 bits per heavy atom. The predicted octanol–water partition coefficient (Wildman–Crippen LogP) is 4.05. The van der Waals surface area contributed by atoms with Gasteiger partial charge < -0.3 is 15.8 Å². The monoisotopic (exact) mass is 460 g/mol. The maximum absolute atomic E-state index is 13.4. The van der Waals surface area contributed by atoms with Crippen molar-refractivity contribution < 1.29 is 19.1 Å². The maximum Gasteiger partial charge on any atom is 0.341 e. The Morgan fingerprint density at radius 1 is 1.03 bits per heavy atom. The molecule has 0 radical (unpaired) electrons. The molecule has 0 fully saturated rings. The van der Waals surface area contributed by atoms with Crippen molar-refractivity contribution in [1.82, 2.24) is 9.78 Å². The van der Waals surface area contributed by atoms with Gasteiger partial charge in [0.2, 0.25) is 0 Å². The molecule has 0 aliphatic carbocycles. The van der Waals surface area contributed by atoms with Crippen LogP contribution < -0.4 is 11.1 Å². The number of hydrogen-bond acceptors (Lipinski definition) is 6. The van der Waals surface area contributed by atoms with E-state index in [1.54, 1.807) is 17.8 Å². The zero-order chi connectivity index (χ0) is 23.5. The summed E-state index contributed by atoms with van der Waals surface area (Å²) in [7, 11) is 1.23. The second kappa shape index (κ2) is 9.09. The number of esters is 1. The summed E-state index contributed by atoms with van der Waals surface area (Å²) in [5.74, 6) is -1.85. The van der Waals surface area contributed by atoms with E-state index < -0.39 is 17.8 Å². The lowest BCUT2D eigenvalue weighted by Crippen LogP contribution is -2.14. The quantitative estimate of drug-likeness (QED) is 0.421. The number of anilines is 1. The van der Waals surface area contributed by atoms with Crippen LogP contribution in [-0.2, 0) is 4.74 Å². The highest BCUT2D eigenvalue weighted by atomic mass is 32.1. The summed E-state index contributed by atoms with van der Waals surface area (Å²) in [5, 5.41) is 7.57. The van der Waals surface area contributed by atoms with Crippen LogP contribution in [0.15, 0.2) is 66.9 Å². The number of methoxy groups -OCH3 is 1. The first-order chi connectivity index (χ1) is 15.9. The second-order valence-corrected chi connectivity index (χ2v) is 8.13. The number of nitrogens with two attached hydrogens (primary N) is 1. The van der Waals surface area contributed by atoms with Gasteiger partial charge in [-0.2, -0.15) is 5.10 Å². The van der Waals surface area contributed by atoms with Gasteiger partial charge in [0, 0.05) is 11.8 Å². The third kappa shape index (κ3) is 4.26. The summed E-state index contributed by atoms with van der Waals surface area (Å²) in [5.41, 5.74) is 8.21. The van der Waals surface area contributed by atoms with Crippen LogP contribution in [0.25, 0.3) is 16.9 Å². The lowest BCUT2D eigenvalue weighted by Gasteiger charge is -2.06. The largest absolute Gasteiger partial charge is 0.465 e. The first-order valence-corrected chi connectivity index (χ1v) is 10.8. The van der Waals surface area contributed by atoms with Gasteiger partial charge in [0.25, 0.3) is 11.8 Å². The van der Waals surface area contributed by atoms with E-state index in [2.05, 4.69) is 10.4 Å². The zero-order valence-electron chi connectivity index (χ0n) is 17.9. The Hall–Kier alpha value is -4.24. The minimum absolute atomic E-state index is 0.0985. The number of benzene rings is 2. The van der Waals surface area contributed by atoms with Gasteiger partial charge in [0.1, 0.15) is 10.7 Å². The second-order valence-electron chi connectivity index (χ2n) is 7.11. The average Bonchev–Trinajstić information content (AvgIpc) is 3.42. The number of thiophene rings is 1. The van der Waals surface area contributed by atoms with Crippen molar-refractivity contribution in [3.63, 3.8) is 0 Å². The van der Waals surface area contributed by atoms with Crippen LogP contribution in [0.2, 0.25) is 0 Å². The number of rotatable bonds is 6. The standard InChI is InChI=1S/C24H20N4O4S/c1-14-18(24(31)32-2)23(33-20(14)21(25)29)26-22(30)17-13-28(16-11-7-4-8-12-16)27-19(17)15-9-5-3-6-10-15/h3-13H,1-2H3,(H2,25,29)(H,26,30). The van der Waals surface area contributed by atoms with Crippen molar-refractivity contribution in [1.29, 1.82) is 0 Å². The van der Waals surface area contributed by atoms with Gasteiger partial charge in [-0.25, -0.2) is 9.48 Å².